The average molecular weight is 375 g/mol. The van der Waals surface area contributed by atoms with Crippen molar-refractivity contribution in [1.82, 2.24) is 4.90 Å². The minimum atomic E-state index is -4.42. The van der Waals surface area contributed by atoms with Gasteiger partial charge in [-0.3, -0.25) is 4.79 Å². The zero-order valence-electron chi connectivity index (χ0n) is 13.8. The maximum absolute atomic E-state index is 12.8. The van der Waals surface area contributed by atoms with E-state index in [2.05, 4.69) is 0 Å². The highest BCUT2D eigenvalue weighted by Crippen LogP contribution is 2.43. The van der Waals surface area contributed by atoms with Crippen LogP contribution in [0.2, 0.25) is 0 Å². The molecular formula is C17H20F3NO3S. The largest absolute Gasteiger partial charge is 0.493 e. The van der Waals surface area contributed by atoms with Crippen LogP contribution in [0.25, 0.3) is 0 Å². The number of hydrogen-bond acceptors (Lipinski definition) is 4. The lowest BCUT2D eigenvalue weighted by molar-refractivity contribution is -0.159. The van der Waals surface area contributed by atoms with Crippen LogP contribution in [-0.2, 0) is 4.79 Å². The lowest BCUT2D eigenvalue weighted by Crippen LogP contribution is -2.37. The monoisotopic (exact) mass is 375 g/mol. The van der Waals surface area contributed by atoms with Gasteiger partial charge in [-0.05, 0) is 43.4 Å². The molecule has 0 spiro atoms. The van der Waals surface area contributed by atoms with E-state index < -0.39 is 24.0 Å². The normalized spacial score (nSPS) is 21.8. The van der Waals surface area contributed by atoms with Gasteiger partial charge < -0.3 is 14.4 Å². The van der Waals surface area contributed by atoms with Gasteiger partial charge in [0.25, 0.3) is 0 Å². The van der Waals surface area contributed by atoms with Crippen molar-refractivity contribution in [2.75, 3.05) is 19.4 Å². The topological polar surface area (TPSA) is 38.8 Å². The summed E-state index contributed by atoms with van der Waals surface area (Å²) in [6.45, 7) is -1.24. The van der Waals surface area contributed by atoms with Crippen LogP contribution < -0.4 is 9.47 Å². The molecule has 0 N–H and O–H groups in total. The highest BCUT2D eigenvalue weighted by Gasteiger charge is 2.41. The first-order valence-electron chi connectivity index (χ1n) is 8.20. The van der Waals surface area contributed by atoms with E-state index in [1.165, 1.54) is 18.9 Å². The smallest absolute Gasteiger partial charge is 0.406 e. The number of thioether (sulfide) groups is 1. The Morgan fingerprint density at radius 1 is 1.24 bits per heavy atom. The molecule has 4 nitrogen and oxygen atoms in total. The lowest BCUT2D eigenvalue weighted by Gasteiger charge is -2.26. The van der Waals surface area contributed by atoms with Crippen LogP contribution in [0.15, 0.2) is 18.2 Å². The van der Waals surface area contributed by atoms with Gasteiger partial charge in [0.15, 0.2) is 11.5 Å². The summed E-state index contributed by atoms with van der Waals surface area (Å²) in [5.74, 6) is 0.624. The zero-order valence-corrected chi connectivity index (χ0v) is 14.7. The second-order valence-corrected chi connectivity index (χ2v) is 7.30. The summed E-state index contributed by atoms with van der Waals surface area (Å²) in [5.41, 5.74) is 0.619. The van der Waals surface area contributed by atoms with Gasteiger partial charge in [0.1, 0.15) is 11.9 Å². The molecule has 1 aromatic carbocycles. The van der Waals surface area contributed by atoms with E-state index in [4.69, 9.17) is 9.47 Å². The van der Waals surface area contributed by atoms with Gasteiger partial charge in [-0.1, -0.05) is 6.07 Å². The first kappa shape index (κ1) is 18.2. The Bertz CT molecular complexity index is 632. The standard InChI is InChI=1S/C17H20F3NO3S/c1-23-13-7-6-11(8-14(13)24-12-4-2-3-5-12)16-21(10-17(18,19)20)15(22)9-25-16/h6-8,12,16H,2-5,9-10H2,1H3. The summed E-state index contributed by atoms with van der Waals surface area (Å²) >= 11 is 1.20. The summed E-state index contributed by atoms with van der Waals surface area (Å²) in [6.07, 6.45) is -0.172. The number of methoxy groups -OCH3 is 1. The van der Waals surface area contributed by atoms with Crippen LogP contribution in [0, 0.1) is 0 Å². The summed E-state index contributed by atoms with van der Waals surface area (Å²) in [7, 11) is 1.53. The Morgan fingerprint density at radius 3 is 2.60 bits per heavy atom. The number of alkyl halides is 3. The number of carbonyl (C=O) groups is 1. The molecule has 2 fully saturated rings. The summed E-state index contributed by atoms with van der Waals surface area (Å²) in [6, 6.07) is 5.09. The molecule has 8 heteroatoms. The maximum Gasteiger partial charge on any atom is 0.406 e. The second kappa shape index (κ2) is 7.35. The van der Waals surface area contributed by atoms with E-state index >= 15 is 0 Å². The number of hydrogen-bond donors (Lipinski definition) is 0. The van der Waals surface area contributed by atoms with Gasteiger partial charge in [-0.25, -0.2) is 0 Å². The summed E-state index contributed by atoms with van der Waals surface area (Å²) in [5, 5.41) is -0.661. The minimum absolute atomic E-state index is 0.0472. The van der Waals surface area contributed by atoms with Crippen LogP contribution in [0.5, 0.6) is 11.5 Å². The van der Waals surface area contributed by atoms with Gasteiger partial charge in [-0.15, -0.1) is 11.8 Å². The minimum Gasteiger partial charge on any atom is -0.493 e. The SMILES string of the molecule is COc1ccc(C2SCC(=O)N2CC(F)(F)F)cc1OC1CCCC1. The summed E-state index contributed by atoms with van der Waals surface area (Å²) < 4.78 is 49.7. The highest BCUT2D eigenvalue weighted by molar-refractivity contribution is 8.00. The number of rotatable bonds is 5. The van der Waals surface area contributed by atoms with Crippen molar-refractivity contribution in [2.24, 2.45) is 0 Å². The van der Waals surface area contributed by atoms with Crippen LogP contribution in [-0.4, -0.2) is 42.5 Å². The molecule has 1 aliphatic carbocycles. The fraction of sp³-hybridized carbons (Fsp3) is 0.588. The number of halogens is 3. The molecule has 2 aliphatic rings. The van der Waals surface area contributed by atoms with Crippen LogP contribution in [0.4, 0.5) is 13.2 Å². The van der Waals surface area contributed by atoms with E-state index in [0.29, 0.717) is 17.1 Å². The fourth-order valence-corrected chi connectivity index (χ4v) is 4.40. The van der Waals surface area contributed by atoms with Crippen molar-refractivity contribution in [2.45, 2.75) is 43.3 Å². The van der Waals surface area contributed by atoms with E-state index in [9.17, 15) is 18.0 Å². The first-order chi connectivity index (χ1) is 11.9. The Hall–Kier alpha value is -1.57. The van der Waals surface area contributed by atoms with E-state index in [0.717, 1.165) is 30.6 Å². The number of carbonyl (C=O) groups excluding carboxylic acids is 1. The Morgan fingerprint density at radius 2 is 1.96 bits per heavy atom. The van der Waals surface area contributed by atoms with Crippen molar-refractivity contribution in [3.8, 4) is 11.5 Å². The van der Waals surface area contributed by atoms with Crippen molar-refractivity contribution in [3.05, 3.63) is 23.8 Å². The van der Waals surface area contributed by atoms with Gasteiger partial charge in [0.2, 0.25) is 5.91 Å². The Balaban J connectivity index is 1.84. The number of ether oxygens (including phenoxy) is 2. The van der Waals surface area contributed by atoms with Crippen molar-refractivity contribution >= 4 is 17.7 Å². The first-order valence-corrected chi connectivity index (χ1v) is 9.24. The molecule has 0 aromatic heterocycles. The molecular weight excluding hydrogens is 355 g/mol. The molecule has 1 saturated carbocycles. The average Bonchev–Trinajstić information content (AvgIpc) is 3.17. The number of benzene rings is 1. The predicted octanol–water partition coefficient (Wildman–Crippen LogP) is 4.15. The van der Waals surface area contributed by atoms with Crippen molar-refractivity contribution in [3.63, 3.8) is 0 Å². The number of nitrogens with zero attached hydrogens (tertiary/aromatic N) is 1. The molecule has 1 amide bonds. The molecule has 1 unspecified atom stereocenters. The van der Waals surface area contributed by atoms with E-state index in [1.54, 1.807) is 18.2 Å². The summed E-state index contributed by atoms with van der Waals surface area (Å²) in [4.78, 5) is 12.8. The molecule has 1 saturated heterocycles. The molecule has 1 aromatic rings. The Kier molecular flexibility index (Phi) is 5.36. The molecule has 3 rings (SSSR count). The van der Waals surface area contributed by atoms with E-state index in [1.807, 2.05) is 0 Å². The molecule has 0 bridgehead atoms. The lowest BCUT2D eigenvalue weighted by atomic mass is 10.1. The predicted molar refractivity (Wildman–Crippen MR) is 88.8 cm³/mol. The van der Waals surface area contributed by atoms with E-state index in [-0.39, 0.29) is 11.9 Å². The molecule has 138 valence electrons. The van der Waals surface area contributed by atoms with Gasteiger partial charge in [0, 0.05) is 0 Å². The van der Waals surface area contributed by atoms with Gasteiger partial charge in [0.05, 0.1) is 19.0 Å². The van der Waals surface area contributed by atoms with Gasteiger partial charge in [-0.2, -0.15) is 13.2 Å². The molecule has 1 aliphatic heterocycles. The third-order valence-corrected chi connectivity index (χ3v) is 5.64. The molecule has 0 radical (unpaired) electrons. The Labute approximate surface area is 148 Å². The maximum atomic E-state index is 12.8. The third-order valence-electron chi connectivity index (χ3n) is 4.39. The third kappa shape index (κ3) is 4.34. The molecule has 1 atom stereocenters. The van der Waals surface area contributed by atoms with Gasteiger partial charge >= 0.3 is 6.18 Å². The van der Waals surface area contributed by atoms with Crippen LogP contribution in [0.1, 0.15) is 36.6 Å². The second-order valence-electron chi connectivity index (χ2n) is 6.23. The molecule has 1 heterocycles. The van der Waals surface area contributed by atoms with Crippen molar-refractivity contribution < 1.29 is 27.4 Å². The number of amides is 1. The van der Waals surface area contributed by atoms with Crippen LogP contribution >= 0.6 is 11.8 Å². The highest BCUT2D eigenvalue weighted by atomic mass is 32.2. The van der Waals surface area contributed by atoms with Crippen molar-refractivity contribution in [1.29, 1.82) is 0 Å². The fourth-order valence-electron chi connectivity index (χ4n) is 3.22. The quantitative estimate of drug-likeness (QED) is 0.775. The zero-order chi connectivity index (χ0) is 18.0. The van der Waals surface area contributed by atoms with Crippen LogP contribution in [0.3, 0.4) is 0 Å². The molecule has 25 heavy (non-hydrogen) atoms.